The molecule has 4 rings (SSSR count). The first-order valence-corrected chi connectivity index (χ1v) is 10.8. The van der Waals surface area contributed by atoms with Crippen molar-refractivity contribution in [3.05, 3.63) is 59.2 Å². The lowest BCUT2D eigenvalue weighted by Gasteiger charge is -2.34. The van der Waals surface area contributed by atoms with E-state index in [2.05, 4.69) is 13.1 Å². The van der Waals surface area contributed by atoms with Crippen LogP contribution in [0.2, 0.25) is 0 Å². The van der Waals surface area contributed by atoms with E-state index in [-0.39, 0.29) is 22.6 Å². The predicted molar refractivity (Wildman–Crippen MR) is 105 cm³/mol. The maximum absolute atomic E-state index is 13.6. The van der Waals surface area contributed by atoms with Crippen molar-refractivity contribution in [2.75, 3.05) is 24.4 Å². The van der Waals surface area contributed by atoms with Gasteiger partial charge in [-0.25, -0.2) is 8.42 Å². The van der Waals surface area contributed by atoms with Gasteiger partial charge in [0.15, 0.2) is 5.78 Å². The van der Waals surface area contributed by atoms with Gasteiger partial charge in [-0.1, -0.05) is 29.8 Å². The standard InChI is InChI=1S/C21H24N2O3S/c1-14-7-8-20-18(11-14)19-13-22(3)10-9-21(19)23(20)27(25,26)17-6-4-5-16(12-17)15(2)24/h4-8,11-12,19,21H,9-10,13H2,1-3H3/p+1/t19-,21-/m0/s1. The Morgan fingerprint density at radius 1 is 1.19 bits per heavy atom. The third-order valence-electron chi connectivity index (χ3n) is 5.82. The molecule has 1 fully saturated rings. The molecule has 3 atom stereocenters. The summed E-state index contributed by atoms with van der Waals surface area (Å²) in [5, 5.41) is 0. The maximum Gasteiger partial charge on any atom is 0.264 e. The third kappa shape index (κ3) is 2.97. The number of anilines is 1. The summed E-state index contributed by atoms with van der Waals surface area (Å²) in [5.74, 6) is 0.0738. The summed E-state index contributed by atoms with van der Waals surface area (Å²) in [6.07, 6.45) is 0.829. The molecule has 0 radical (unpaired) electrons. The molecular weight excluding hydrogens is 360 g/mol. The van der Waals surface area contributed by atoms with Gasteiger partial charge in [-0.05, 0) is 37.6 Å². The van der Waals surface area contributed by atoms with E-state index in [1.165, 1.54) is 17.9 Å². The summed E-state index contributed by atoms with van der Waals surface area (Å²) < 4.78 is 28.8. The van der Waals surface area contributed by atoms with E-state index in [0.29, 0.717) is 5.56 Å². The van der Waals surface area contributed by atoms with Gasteiger partial charge in [-0.2, -0.15) is 0 Å². The Morgan fingerprint density at radius 2 is 1.96 bits per heavy atom. The molecule has 2 aliphatic rings. The molecule has 0 bridgehead atoms. The number of benzene rings is 2. The van der Waals surface area contributed by atoms with Crippen LogP contribution in [-0.4, -0.2) is 40.4 Å². The molecule has 0 amide bonds. The van der Waals surface area contributed by atoms with Gasteiger partial charge in [0, 0.05) is 12.0 Å². The minimum atomic E-state index is -3.74. The second-order valence-corrected chi connectivity index (χ2v) is 9.64. The molecule has 142 valence electrons. The largest absolute Gasteiger partial charge is 0.337 e. The van der Waals surface area contributed by atoms with Crippen LogP contribution < -0.4 is 9.21 Å². The van der Waals surface area contributed by atoms with E-state index in [1.807, 2.05) is 19.1 Å². The molecule has 6 heteroatoms. The number of carbonyl (C=O) groups excluding carboxylic acids is 1. The van der Waals surface area contributed by atoms with Crippen LogP contribution in [0.25, 0.3) is 0 Å². The molecule has 5 nitrogen and oxygen atoms in total. The number of likely N-dealkylation sites (N-methyl/N-ethyl adjacent to an activating group) is 1. The summed E-state index contributed by atoms with van der Waals surface area (Å²) in [6.45, 7) is 5.38. The van der Waals surface area contributed by atoms with E-state index < -0.39 is 10.0 Å². The zero-order valence-electron chi connectivity index (χ0n) is 15.9. The fourth-order valence-electron chi connectivity index (χ4n) is 4.45. The second-order valence-electron chi connectivity index (χ2n) is 7.82. The summed E-state index contributed by atoms with van der Waals surface area (Å²) in [5.41, 5.74) is 3.49. The van der Waals surface area contributed by atoms with E-state index in [0.717, 1.165) is 36.3 Å². The number of Topliss-reactive ketones (excluding diaryl/α,β-unsaturated/α-hetero) is 1. The molecule has 1 N–H and O–H groups in total. The smallest absolute Gasteiger partial charge is 0.264 e. The highest BCUT2D eigenvalue weighted by atomic mass is 32.2. The van der Waals surface area contributed by atoms with Crippen LogP contribution in [0.3, 0.4) is 0 Å². The van der Waals surface area contributed by atoms with Crippen LogP contribution >= 0.6 is 0 Å². The van der Waals surface area contributed by atoms with E-state index in [1.54, 1.807) is 22.5 Å². The van der Waals surface area contributed by atoms with Crippen LogP contribution in [0.4, 0.5) is 5.69 Å². The number of piperidine rings is 1. The molecular formula is C21H25N2O3S+. The number of quaternary nitrogens is 1. The highest BCUT2D eigenvalue weighted by Crippen LogP contribution is 2.45. The van der Waals surface area contributed by atoms with Gasteiger partial charge in [-0.15, -0.1) is 0 Å². The zero-order chi connectivity index (χ0) is 19.3. The number of nitrogens with zero attached hydrogens (tertiary/aromatic N) is 1. The number of rotatable bonds is 3. The third-order valence-corrected chi connectivity index (χ3v) is 7.65. The number of ketones is 1. The molecule has 1 saturated heterocycles. The molecule has 2 aromatic rings. The van der Waals surface area contributed by atoms with E-state index >= 15 is 0 Å². The minimum absolute atomic E-state index is 0.0588. The predicted octanol–water partition coefficient (Wildman–Crippen LogP) is 1.78. The van der Waals surface area contributed by atoms with Crippen LogP contribution in [-0.2, 0) is 10.0 Å². The van der Waals surface area contributed by atoms with Gasteiger partial charge in [0.25, 0.3) is 10.0 Å². The van der Waals surface area contributed by atoms with Crippen molar-refractivity contribution in [3.63, 3.8) is 0 Å². The minimum Gasteiger partial charge on any atom is -0.337 e. The molecule has 2 heterocycles. The molecule has 1 unspecified atom stereocenters. The summed E-state index contributed by atoms with van der Waals surface area (Å²) >= 11 is 0. The summed E-state index contributed by atoms with van der Waals surface area (Å²) in [4.78, 5) is 13.4. The van der Waals surface area contributed by atoms with Gasteiger partial charge in [0.2, 0.25) is 0 Å². The van der Waals surface area contributed by atoms with Crippen LogP contribution in [0.15, 0.2) is 47.4 Å². The highest BCUT2D eigenvalue weighted by Gasteiger charge is 2.48. The van der Waals surface area contributed by atoms with Crippen LogP contribution in [0, 0.1) is 6.92 Å². The molecule has 27 heavy (non-hydrogen) atoms. The van der Waals surface area contributed by atoms with Crippen molar-refractivity contribution in [2.24, 2.45) is 0 Å². The molecule has 0 spiro atoms. The van der Waals surface area contributed by atoms with Crippen LogP contribution in [0.5, 0.6) is 0 Å². The number of fused-ring (bicyclic) bond motifs is 3. The average Bonchev–Trinajstić information content (AvgIpc) is 2.95. The Bertz CT molecular complexity index is 1020. The van der Waals surface area contributed by atoms with Crippen molar-refractivity contribution in [2.45, 2.75) is 37.1 Å². The van der Waals surface area contributed by atoms with E-state index in [9.17, 15) is 13.2 Å². The topological polar surface area (TPSA) is 58.9 Å². The summed E-state index contributed by atoms with van der Waals surface area (Å²) in [6, 6.07) is 12.4. The van der Waals surface area contributed by atoms with Crippen molar-refractivity contribution in [3.8, 4) is 0 Å². The second kappa shape index (κ2) is 6.46. The number of sulfonamides is 1. The number of aryl methyl sites for hydroxylation is 1. The van der Waals surface area contributed by atoms with Gasteiger partial charge < -0.3 is 4.90 Å². The Balaban J connectivity index is 1.85. The van der Waals surface area contributed by atoms with Gasteiger partial charge >= 0.3 is 0 Å². The maximum atomic E-state index is 13.6. The zero-order valence-corrected chi connectivity index (χ0v) is 16.7. The molecule has 0 aliphatic carbocycles. The quantitative estimate of drug-likeness (QED) is 0.820. The van der Waals surface area contributed by atoms with Gasteiger partial charge in [-0.3, -0.25) is 9.10 Å². The molecule has 2 aliphatic heterocycles. The fourth-order valence-corrected chi connectivity index (χ4v) is 6.24. The number of hydrogen-bond acceptors (Lipinski definition) is 3. The normalized spacial score (nSPS) is 24.4. The first-order valence-electron chi connectivity index (χ1n) is 9.36. The van der Waals surface area contributed by atoms with Crippen molar-refractivity contribution in [1.82, 2.24) is 0 Å². The average molecular weight is 386 g/mol. The fraction of sp³-hybridized carbons (Fsp3) is 0.381. The SMILES string of the molecule is CC(=O)c1cccc(S(=O)(=O)N2c3ccc(C)cc3[C@@H]3C[NH+](C)CC[C@@H]32)c1. The molecule has 0 aromatic heterocycles. The lowest BCUT2D eigenvalue weighted by Crippen LogP contribution is -3.11. The summed E-state index contributed by atoms with van der Waals surface area (Å²) in [7, 11) is -1.57. The Labute approximate surface area is 160 Å². The molecule has 0 saturated carbocycles. The number of hydrogen-bond donors (Lipinski definition) is 1. The first-order chi connectivity index (χ1) is 12.8. The highest BCUT2D eigenvalue weighted by molar-refractivity contribution is 7.92. The Morgan fingerprint density at radius 3 is 2.70 bits per heavy atom. The Hall–Kier alpha value is -2.18. The number of likely N-dealkylation sites (tertiary alicyclic amines) is 1. The van der Waals surface area contributed by atoms with Crippen molar-refractivity contribution in [1.29, 1.82) is 0 Å². The number of carbonyl (C=O) groups is 1. The van der Waals surface area contributed by atoms with Crippen molar-refractivity contribution < 1.29 is 18.1 Å². The lowest BCUT2D eigenvalue weighted by molar-refractivity contribution is -0.886. The Kier molecular flexibility index (Phi) is 4.35. The first kappa shape index (κ1) is 18.2. The van der Waals surface area contributed by atoms with E-state index in [4.69, 9.17) is 0 Å². The van der Waals surface area contributed by atoms with Crippen molar-refractivity contribution >= 4 is 21.5 Å². The number of nitrogens with one attached hydrogen (secondary N) is 1. The van der Waals surface area contributed by atoms with Crippen LogP contribution in [0.1, 0.15) is 40.7 Å². The monoisotopic (exact) mass is 385 g/mol. The molecule has 2 aromatic carbocycles. The lowest BCUT2D eigenvalue weighted by atomic mass is 9.89. The van der Waals surface area contributed by atoms with Gasteiger partial charge in [0.05, 0.1) is 42.7 Å². The van der Waals surface area contributed by atoms with Gasteiger partial charge in [0.1, 0.15) is 0 Å².